The topological polar surface area (TPSA) is 0 Å². The zero-order valence-electron chi connectivity index (χ0n) is 9.58. The van der Waals surface area contributed by atoms with Gasteiger partial charge in [0.2, 0.25) is 0 Å². The molecule has 2 aromatic carbocycles. The summed E-state index contributed by atoms with van der Waals surface area (Å²) in [6.07, 6.45) is 0. The van der Waals surface area contributed by atoms with Gasteiger partial charge in [-0.25, -0.2) is 0 Å². The molecule has 96 valence electrons. The average molecular weight is 274 g/mol. The predicted octanol–water partition coefficient (Wildman–Crippen LogP) is 3.87. The summed E-state index contributed by atoms with van der Waals surface area (Å²) in [7, 11) is -5.32. The van der Waals surface area contributed by atoms with E-state index in [1.54, 1.807) is 0 Å². The molecule has 0 aromatic heterocycles. The van der Waals surface area contributed by atoms with Gasteiger partial charge in [-0.15, -0.1) is 0 Å². The van der Waals surface area contributed by atoms with Crippen molar-refractivity contribution in [1.29, 1.82) is 0 Å². The van der Waals surface area contributed by atoms with Gasteiger partial charge in [-0.3, -0.25) is 0 Å². The first-order valence-electron chi connectivity index (χ1n) is 5.25. The third-order valence-electron chi connectivity index (χ3n) is 2.82. The molecule has 0 amide bonds. The molecule has 0 aliphatic rings. The van der Waals surface area contributed by atoms with Crippen LogP contribution in [-0.4, -0.2) is 6.66 Å². The molecule has 5 heteroatoms. The van der Waals surface area contributed by atoms with Crippen LogP contribution in [-0.2, 0) is 0 Å². The summed E-state index contributed by atoms with van der Waals surface area (Å²) in [5.74, 6) is -1.13. The fraction of sp³-hybridized carbons (Fsp3) is 0.0769. The third-order valence-corrected chi connectivity index (χ3v) is 5.74. The van der Waals surface area contributed by atoms with Crippen LogP contribution in [0.2, 0.25) is 0 Å². The quantitative estimate of drug-likeness (QED) is 0.576. The molecule has 0 unspecified atom stereocenters. The van der Waals surface area contributed by atoms with Crippen LogP contribution in [0.25, 0.3) is 0 Å². The van der Waals surface area contributed by atoms with E-state index in [0.29, 0.717) is 0 Å². The monoisotopic (exact) mass is 274 g/mol. The molecule has 0 bridgehead atoms. The average Bonchev–Trinajstić information content (AvgIpc) is 2.29. The van der Waals surface area contributed by atoms with Crippen LogP contribution in [0.5, 0.6) is 0 Å². The summed E-state index contributed by atoms with van der Waals surface area (Å²) in [6.45, 7) is 0.853. The van der Waals surface area contributed by atoms with Crippen LogP contribution in [0.1, 0.15) is 0 Å². The molecule has 0 spiro atoms. The number of halogens is 4. The normalized spacial score (nSPS) is 13.9. The molecule has 0 saturated heterocycles. The minimum atomic E-state index is -5.32. The summed E-state index contributed by atoms with van der Waals surface area (Å²) in [4.78, 5) is 0. The molecule has 0 radical (unpaired) electrons. The van der Waals surface area contributed by atoms with Crippen molar-refractivity contribution in [3.63, 3.8) is 0 Å². The molecule has 0 nitrogen and oxygen atoms in total. The first kappa shape index (κ1) is 13.0. The maximum absolute atomic E-state index is 14.7. The van der Waals surface area contributed by atoms with Gasteiger partial charge in [0.05, 0.1) is 0 Å². The van der Waals surface area contributed by atoms with Crippen molar-refractivity contribution < 1.29 is 17.2 Å². The Morgan fingerprint density at radius 2 is 0.944 bits per heavy atom. The molecule has 0 N–H and O–H groups in total. The first-order valence-corrected chi connectivity index (χ1v) is 7.72. The van der Waals surface area contributed by atoms with Crippen LogP contribution in [0.3, 0.4) is 0 Å². The summed E-state index contributed by atoms with van der Waals surface area (Å²) in [6, 6.07) is 8.33. The Balaban J connectivity index is 2.56. The Hall–Kier alpha value is -1.41. The zero-order chi connectivity index (χ0) is 13.4. The summed E-state index contributed by atoms with van der Waals surface area (Å²) in [5.41, 5.74) is 0. The molecule has 0 heterocycles. The van der Waals surface area contributed by atoms with E-state index in [4.69, 9.17) is 0 Å². The van der Waals surface area contributed by atoms with E-state index < -0.39 is 18.9 Å². The second-order valence-corrected chi connectivity index (χ2v) is 7.88. The van der Waals surface area contributed by atoms with Gasteiger partial charge in [0.15, 0.2) is 0 Å². The Morgan fingerprint density at radius 3 is 1.22 bits per heavy atom. The van der Waals surface area contributed by atoms with Crippen LogP contribution in [0.4, 0.5) is 17.2 Å². The Bertz CT molecular complexity index is 503. The van der Waals surface area contributed by atoms with E-state index in [1.165, 1.54) is 0 Å². The zero-order valence-corrected chi connectivity index (χ0v) is 10.5. The fourth-order valence-corrected chi connectivity index (χ4v) is 3.65. The van der Waals surface area contributed by atoms with E-state index in [9.17, 15) is 17.2 Å². The second-order valence-electron chi connectivity index (χ2n) is 4.25. The van der Waals surface area contributed by atoms with Gasteiger partial charge in [0.25, 0.3) is 0 Å². The van der Waals surface area contributed by atoms with Gasteiger partial charge >= 0.3 is 102 Å². The Kier molecular flexibility index (Phi) is 2.94. The summed E-state index contributed by atoms with van der Waals surface area (Å²) >= 11 is 0. The molecule has 0 aliphatic heterocycles. The molecule has 0 aliphatic carbocycles. The summed E-state index contributed by atoms with van der Waals surface area (Å²) < 4.78 is 55.0. The van der Waals surface area contributed by atoms with Crippen LogP contribution in [0.15, 0.2) is 48.5 Å². The Morgan fingerprint density at radius 1 is 0.667 bits per heavy atom. The van der Waals surface area contributed by atoms with E-state index in [0.717, 1.165) is 55.2 Å². The van der Waals surface area contributed by atoms with E-state index in [2.05, 4.69) is 0 Å². The molecule has 0 atom stereocenters. The second kappa shape index (κ2) is 4.06. The first-order chi connectivity index (χ1) is 8.28. The molecular formula is C13H11F4P. The fourth-order valence-electron chi connectivity index (χ4n) is 1.70. The van der Waals surface area contributed by atoms with Gasteiger partial charge in [-0.1, -0.05) is 0 Å². The summed E-state index contributed by atoms with van der Waals surface area (Å²) in [5, 5.41) is -0.428. The van der Waals surface area contributed by atoms with E-state index >= 15 is 0 Å². The number of benzene rings is 2. The van der Waals surface area contributed by atoms with Crippen molar-refractivity contribution in [2.45, 2.75) is 0 Å². The van der Waals surface area contributed by atoms with Crippen molar-refractivity contribution in [3.8, 4) is 0 Å². The van der Waals surface area contributed by atoms with Crippen molar-refractivity contribution in [3.05, 3.63) is 60.2 Å². The van der Waals surface area contributed by atoms with Crippen molar-refractivity contribution in [2.24, 2.45) is 0 Å². The Labute approximate surface area is 102 Å². The standard InChI is InChI=1S/C13H11F4P/c1-18(16,17,12-6-2-10(14)3-7-12)13-8-4-11(15)5-9-13/h2-9H,1H3. The molecule has 2 rings (SSSR count). The minimum absolute atomic E-state index is 0.214. The molecule has 18 heavy (non-hydrogen) atoms. The number of hydrogen-bond donors (Lipinski definition) is 0. The van der Waals surface area contributed by atoms with Crippen LogP contribution in [0, 0.1) is 11.6 Å². The molecular weight excluding hydrogens is 263 g/mol. The maximum atomic E-state index is 14.7. The molecule has 2 aromatic rings. The van der Waals surface area contributed by atoms with Crippen LogP contribution >= 0.6 is 7.22 Å². The SMILES string of the molecule is CP(F)(F)(c1ccc(F)cc1)c1ccc(F)cc1. The van der Waals surface area contributed by atoms with Crippen molar-refractivity contribution in [2.75, 3.05) is 6.66 Å². The van der Waals surface area contributed by atoms with Crippen molar-refractivity contribution in [1.82, 2.24) is 0 Å². The number of hydrogen-bond acceptors (Lipinski definition) is 0. The van der Waals surface area contributed by atoms with Gasteiger partial charge in [-0.05, 0) is 0 Å². The van der Waals surface area contributed by atoms with Gasteiger partial charge < -0.3 is 0 Å². The molecule has 0 fully saturated rings. The molecule has 0 saturated carbocycles. The van der Waals surface area contributed by atoms with Crippen molar-refractivity contribution >= 4 is 17.8 Å². The van der Waals surface area contributed by atoms with Crippen LogP contribution < -0.4 is 10.6 Å². The van der Waals surface area contributed by atoms with E-state index in [1.807, 2.05) is 0 Å². The predicted molar refractivity (Wildman–Crippen MR) is 67.1 cm³/mol. The van der Waals surface area contributed by atoms with Gasteiger partial charge in [-0.2, -0.15) is 0 Å². The van der Waals surface area contributed by atoms with Gasteiger partial charge in [0, 0.05) is 0 Å². The number of rotatable bonds is 2. The third kappa shape index (κ3) is 2.25. The van der Waals surface area contributed by atoms with Gasteiger partial charge in [0.1, 0.15) is 0 Å². The van der Waals surface area contributed by atoms with E-state index in [-0.39, 0.29) is 10.6 Å².